The van der Waals surface area contributed by atoms with Crippen molar-refractivity contribution in [2.45, 2.75) is 59.1 Å². The third-order valence-corrected chi connectivity index (χ3v) is 5.53. The largest absolute Gasteiger partial charge is 0.489 e. The number of hydrogen-bond acceptors (Lipinski definition) is 2. The number of amides is 1. The first-order chi connectivity index (χ1) is 15.2. The lowest BCUT2D eigenvalue weighted by molar-refractivity contribution is 0.0931. The Morgan fingerprint density at radius 1 is 0.906 bits per heavy atom. The molecule has 3 aromatic rings. The van der Waals surface area contributed by atoms with Crippen molar-refractivity contribution >= 4 is 5.91 Å². The zero-order valence-electron chi connectivity index (χ0n) is 19.9. The van der Waals surface area contributed by atoms with Gasteiger partial charge in [0.15, 0.2) is 0 Å². The van der Waals surface area contributed by atoms with Gasteiger partial charge in [-0.2, -0.15) is 0 Å². The van der Waals surface area contributed by atoms with Crippen LogP contribution in [0.15, 0.2) is 78.9 Å². The molecule has 0 spiro atoms. The number of rotatable bonds is 8. The summed E-state index contributed by atoms with van der Waals surface area (Å²) in [5.41, 5.74) is 4.17. The highest BCUT2D eigenvalue weighted by Crippen LogP contribution is 2.27. The van der Waals surface area contributed by atoms with Crippen molar-refractivity contribution in [3.8, 4) is 5.75 Å². The summed E-state index contributed by atoms with van der Waals surface area (Å²) in [7, 11) is 0. The number of carbonyl (C=O) groups is 1. The van der Waals surface area contributed by atoms with Gasteiger partial charge in [-0.1, -0.05) is 89.2 Å². The van der Waals surface area contributed by atoms with Crippen molar-refractivity contribution in [1.29, 1.82) is 0 Å². The fraction of sp³-hybridized carbons (Fsp3) is 0.345. The van der Waals surface area contributed by atoms with E-state index in [4.69, 9.17) is 4.74 Å². The van der Waals surface area contributed by atoms with Crippen molar-refractivity contribution in [2.24, 2.45) is 5.92 Å². The van der Waals surface area contributed by atoms with Crippen LogP contribution in [0.5, 0.6) is 5.75 Å². The molecule has 0 saturated heterocycles. The monoisotopic (exact) mass is 429 g/mol. The summed E-state index contributed by atoms with van der Waals surface area (Å²) in [6.07, 6.45) is 0.886. The van der Waals surface area contributed by atoms with Crippen LogP contribution in [0.2, 0.25) is 0 Å². The van der Waals surface area contributed by atoms with Crippen molar-refractivity contribution in [2.75, 3.05) is 0 Å². The van der Waals surface area contributed by atoms with Crippen LogP contribution in [0.3, 0.4) is 0 Å². The van der Waals surface area contributed by atoms with Crippen molar-refractivity contribution in [1.82, 2.24) is 5.32 Å². The number of para-hydroxylation sites is 1. The van der Waals surface area contributed by atoms with E-state index in [9.17, 15) is 4.79 Å². The Hall–Kier alpha value is -3.07. The van der Waals surface area contributed by atoms with E-state index in [1.54, 1.807) is 0 Å². The summed E-state index contributed by atoms with van der Waals surface area (Å²) in [4.78, 5) is 13.1. The fourth-order valence-electron chi connectivity index (χ4n) is 3.69. The summed E-state index contributed by atoms with van der Waals surface area (Å²) >= 11 is 0. The molecule has 1 amide bonds. The topological polar surface area (TPSA) is 38.3 Å². The maximum Gasteiger partial charge on any atom is 0.251 e. The maximum absolute atomic E-state index is 13.1. The van der Waals surface area contributed by atoms with Gasteiger partial charge in [-0.15, -0.1) is 0 Å². The predicted octanol–water partition coefficient (Wildman–Crippen LogP) is 7.08. The van der Waals surface area contributed by atoms with E-state index < -0.39 is 0 Å². The van der Waals surface area contributed by atoms with Gasteiger partial charge in [0.05, 0.1) is 6.04 Å². The second kappa shape index (κ2) is 10.5. The van der Waals surface area contributed by atoms with Crippen molar-refractivity contribution < 1.29 is 9.53 Å². The third kappa shape index (κ3) is 6.71. The van der Waals surface area contributed by atoms with Crippen LogP contribution < -0.4 is 10.1 Å². The standard InChI is InChI=1S/C29H35NO2/c1-21(2)18-27(23-14-16-25(17-15-23)29(3,4)5)30-28(31)24-11-9-10-22(19-24)20-32-26-12-7-6-8-13-26/h6-17,19,21,27H,18,20H2,1-5H3,(H,30,31). The fourth-order valence-corrected chi connectivity index (χ4v) is 3.69. The Balaban J connectivity index is 1.72. The number of benzene rings is 3. The Labute approximate surface area is 192 Å². The molecule has 0 bridgehead atoms. The molecular weight excluding hydrogens is 394 g/mol. The molecular formula is C29H35NO2. The van der Waals surface area contributed by atoms with E-state index in [1.165, 1.54) is 5.56 Å². The van der Waals surface area contributed by atoms with E-state index in [-0.39, 0.29) is 17.4 Å². The van der Waals surface area contributed by atoms with Crippen molar-refractivity contribution in [3.05, 3.63) is 101 Å². The number of nitrogens with one attached hydrogen (secondary N) is 1. The first-order valence-corrected chi connectivity index (χ1v) is 11.4. The molecule has 32 heavy (non-hydrogen) atoms. The Kier molecular flexibility index (Phi) is 7.74. The summed E-state index contributed by atoms with van der Waals surface area (Å²) in [5.74, 6) is 1.23. The maximum atomic E-state index is 13.1. The van der Waals surface area contributed by atoms with Crippen LogP contribution in [0.25, 0.3) is 0 Å². The molecule has 1 atom stereocenters. The lowest BCUT2D eigenvalue weighted by atomic mass is 9.85. The molecule has 3 aromatic carbocycles. The van der Waals surface area contributed by atoms with Crippen molar-refractivity contribution in [3.63, 3.8) is 0 Å². The van der Waals surface area contributed by atoms with Crippen LogP contribution in [0.4, 0.5) is 0 Å². The van der Waals surface area contributed by atoms with E-state index in [0.717, 1.165) is 23.3 Å². The van der Waals surface area contributed by atoms with E-state index in [2.05, 4.69) is 64.2 Å². The molecule has 0 aliphatic heterocycles. The van der Waals surface area contributed by atoms with Crippen LogP contribution in [-0.4, -0.2) is 5.91 Å². The zero-order valence-corrected chi connectivity index (χ0v) is 19.9. The molecule has 0 aliphatic carbocycles. The average Bonchev–Trinajstić information content (AvgIpc) is 2.77. The normalized spacial score (nSPS) is 12.4. The van der Waals surface area contributed by atoms with Crippen LogP contribution in [0, 0.1) is 5.92 Å². The first kappa shape index (κ1) is 23.6. The Bertz CT molecular complexity index is 1000. The second-order valence-corrected chi connectivity index (χ2v) is 9.83. The van der Waals surface area contributed by atoms with Gasteiger partial charge in [0, 0.05) is 5.56 Å². The molecule has 1 N–H and O–H groups in total. The lowest BCUT2D eigenvalue weighted by Crippen LogP contribution is -2.29. The van der Waals surface area contributed by atoms with E-state index in [1.807, 2.05) is 54.6 Å². The molecule has 0 aliphatic rings. The van der Waals surface area contributed by atoms with Gasteiger partial charge in [-0.3, -0.25) is 4.79 Å². The molecule has 3 heteroatoms. The van der Waals surface area contributed by atoms with Crippen LogP contribution in [-0.2, 0) is 12.0 Å². The minimum Gasteiger partial charge on any atom is -0.489 e. The molecule has 0 radical (unpaired) electrons. The summed E-state index contributed by atoms with van der Waals surface area (Å²) in [6, 6.07) is 26.0. The van der Waals surface area contributed by atoms with Gasteiger partial charge in [0.1, 0.15) is 12.4 Å². The van der Waals surface area contributed by atoms with Crippen LogP contribution >= 0.6 is 0 Å². The molecule has 168 valence electrons. The third-order valence-electron chi connectivity index (χ3n) is 5.53. The molecule has 1 unspecified atom stereocenters. The minimum atomic E-state index is -0.0582. The van der Waals surface area contributed by atoms with Gasteiger partial charge in [0.25, 0.3) is 5.91 Å². The predicted molar refractivity (Wildman–Crippen MR) is 132 cm³/mol. The second-order valence-electron chi connectivity index (χ2n) is 9.83. The number of ether oxygens (including phenoxy) is 1. The highest BCUT2D eigenvalue weighted by Gasteiger charge is 2.19. The molecule has 0 aromatic heterocycles. The van der Waals surface area contributed by atoms with Gasteiger partial charge >= 0.3 is 0 Å². The quantitative estimate of drug-likeness (QED) is 0.415. The highest BCUT2D eigenvalue weighted by atomic mass is 16.5. The van der Waals surface area contributed by atoms with Gasteiger partial charge in [-0.25, -0.2) is 0 Å². The number of hydrogen-bond donors (Lipinski definition) is 1. The van der Waals surface area contributed by atoms with Crippen LogP contribution in [0.1, 0.15) is 74.1 Å². The minimum absolute atomic E-state index is 0.0271. The van der Waals surface area contributed by atoms with E-state index in [0.29, 0.717) is 18.1 Å². The first-order valence-electron chi connectivity index (χ1n) is 11.4. The van der Waals surface area contributed by atoms with Gasteiger partial charge < -0.3 is 10.1 Å². The smallest absolute Gasteiger partial charge is 0.251 e. The number of carbonyl (C=O) groups excluding carboxylic acids is 1. The summed E-state index contributed by atoms with van der Waals surface area (Å²) in [6.45, 7) is 11.4. The average molecular weight is 430 g/mol. The molecule has 3 rings (SSSR count). The molecule has 3 nitrogen and oxygen atoms in total. The summed E-state index contributed by atoms with van der Waals surface area (Å²) < 4.78 is 5.84. The molecule has 0 fully saturated rings. The van der Waals surface area contributed by atoms with E-state index >= 15 is 0 Å². The van der Waals surface area contributed by atoms with Gasteiger partial charge in [-0.05, 0) is 58.7 Å². The molecule has 0 heterocycles. The summed E-state index contributed by atoms with van der Waals surface area (Å²) in [5, 5.41) is 3.26. The molecule has 0 saturated carbocycles. The Morgan fingerprint density at radius 2 is 1.59 bits per heavy atom. The highest BCUT2D eigenvalue weighted by molar-refractivity contribution is 5.94. The SMILES string of the molecule is CC(C)CC(NC(=O)c1cccc(COc2ccccc2)c1)c1ccc(C(C)(C)C)cc1. The Morgan fingerprint density at radius 3 is 2.22 bits per heavy atom. The van der Waals surface area contributed by atoms with Gasteiger partial charge in [0.2, 0.25) is 0 Å². The lowest BCUT2D eigenvalue weighted by Gasteiger charge is -2.24. The zero-order chi connectivity index (χ0) is 23.1.